The summed E-state index contributed by atoms with van der Waals surface area (Å²) in [6.07, 6.45) is 0. The lowest BCUT2D eigenvalue weighted by molar-refractivity contribution is -0.481. The number of hydrogen-bond donors (Lipinski definition) is 3. The molecule has 0 saturated carbocycles. The van der Waals surface area contributed by atoms with Crippen molar-refractivity contribution >= 4 is 0 Å². The minimum absolute atomic E-state index is 0.0113. The number of nitro groups is 1. The fourth-order valence-electron chi connectivity index (χ4n) is 2.91. The van der Waals surface area contributed by atoms with Crippen molar-refractivity contribution in [1.82, 2.24) is 10.2 Å². The molecule has 128 valence electrons. The SMILES string of the molecule is Cc1ccc([C@@H](C[N+](=O)[O-])c2c(-c3ccccc3O)[nH][nH]c2=O)cc1. The van der Waals surface area contributed by atoms with Crippen molar-refractivity contribution in [1.29, 1.82) is 0 Å². The van der Waals surface area contributed by atoms with E-state index in [4.69, 9.17) is 0 Å². The van der Waals surface area contributed by atoms with Crippen LogP contribution in [0.1, 0.15) is 22.6 Å². The molecular weight excluding hydrogens is 322 g/mol. The molecule has 0 spiro atoms. The maximum Gasteiger partial charge on any atom is 0.268 e. The van der Waals surface area contributed by atoms with Crippen LogP contribution < -0.4 is 5.56 Å². The smallest absolute Gasteiger partial charge is 0.268 e. The predicted molar refractivity (Wildman–Crippen MR) is 93.4 cm³/mol. The number of nitrogens with one attached hydrogen (secondary N) is 2. The number of phenolic OH excluding ortho intramolecular Hbond substituents is 1. The standard InChI is InChI=1S/C18H17N3O4/c1-11-6-8-12(9-7-11)14(10-21(24)25)16-17(19-20-18(16)23)13-4-2-3-5-15(13)22/h2-9,14,22H,10H2,1H3,(H2,19,20,23)/t14-/m1/s1. The molecule has 0 saturated heterocycles. The molecule has 0 fully saturated rings. The summed E-state index contributed by atoms with van der Waals surface area (Å²) in [5.74, 6) is -0.747. The van der Waals surface area contributed by atoms with Crippen LogP contribution in [0.4, 0.5) is 0 Å². The Morgan fingerprint density at radius 3 is 2.44 bits per heavy atom. The fraction of sp³-hybridized carbons (Fsp3) is 0.167. The number of aromatic nitrogens is 2. The quantitative estimate of drug-likeness (QED) is 0.490. The summed E-state index contributed by atoms with van der Waals surface area (Å²) in [5.41, 5.74) is 2.26. The third-order valence-corrected chi connectivity index (χ3v) is 4.15. The van der Waals surface area contributed by atoms with Gasteiger partial charge in [-0.05, 0) is 24.6 Å². The molecule has 0 aliphatic rings. The van der Waals surface area contributed by atoms with Crippen molar-refractivity contribution in [2.45, 2.75) is 12.8 Å². The van der Waals surface area contributed by atoms with Gasteiger partial charge in [-0.3, -0.25) is 25.1 Å². The zero-order valence-electron chi connectivity index (χ0n) is 13.5. The third kappa shape index (κ3) is 3.30. The maximum absolute atomic E-state index is 12.4. The molecule has 1 atom stereocenters. The van der Waals surface area contributed by atoms with Gasteiger partial charge >= 0.3 is 0 Å². The third-order valence-electron chi connectivity index (χ3n) is 4.15. The molecule has 7 nitrogen and oxygen atoms in total. The topological polar surface area (TPSA) is 112 Å². The number of aromatic hydroxyl groups is 1. The molecule has 0 unspecified atom stereocenters. The minimum atomic E-state index is -0.736. The fourth-order valence-corrected chi connectivity index (χ4v) is 2.91. The van der Waals surface area contributed by atoms with Gasteiger partial charge < -0.3 is 5.11 Å². The van der Waals surface area contributed by atoms with Gasteiger partial charge in [-0.1, -0.05) is 42.0 Å². The molecule has 0 aliphatic heterocycles. The van der Waals surface area contributed by atoms with Gasteiger partial charge in [0, 0.05) is 10.5 Å². The van der Waals surface area contributed by atoms with Crippen LogP contribution in [0.2, 0.25) is 0 Å². The first kappa shape index (κ1) is 16.5. The van der Waals surface area contributed by atoms with Crippen molar-refractivity contribution in [2.24, 2.45) is 0 Å². The zero-order valence-corrected chi connectivity index (χ0v) is 13.5. The van der Waals surface area contributed by atoms with E-state index >= 15 is 0 Å². The molecule has 0 aliphatic carbocycles. The number of rotatable bonds is 5. The lowest BCUT2D eigenvalue weighted by atomic mass is 9.89. The van der Waals surface area contributed by atoms with Gasteiger partial charge in [-0.15, -0.1) is 0 Å². The van der Waals surface area contributed by atoms with E-state index in [1.165, 1.54) is 6.07 Å². The number of aromatic amines is 2. The first-order valence-electron chi connectivity index (χ1n) is 7.74. The molecule has 3 N–H and O–H groups in total. The Morgan fingerprint density at radius 2 is 1.80 bits per heavy atom. The summed E-state index contributed by atoms with van der Waals surface area (Å²) >= 11 is 0. The first-order valence-corrected chi connectivity index (χ1v) is 7.74. The molecule has 1 heterocycles. The number of nitrogens with zero attached hydrogens (tertiary/aromatic N) is 1. The predicted octanol–water partition coefficient (Wildman–Crippen LogP) is 2.79. The van der Waals surface area contributed by atoms with Crippen LogP contribution in [-0.2, 0) is 0 Å². The summed E-state index contributed by atoms with van der Waals surface area (Å²) in [5, 5.41) is 26.5. The van der Waals surface area contributed by atoms with Crippen LogP contribution in [-0.4, -0.2) is 26.8 Å². The molecule has 3 aromatic rings. The van der Waals surface area contributed by atoms with Crippen LogP contribution >= 0.6 is 0 Å². The van der Waals surface area contributed by atoms with Crippen molar-refractivity contribution < 1.29 is 10.0 Å². The van der Waals surface area contributed by atoms with Crippen molar-refractivity contribution in [3.05, 3.63) is 85.7 Å². The maximum atomic E-state index is 12.4. The van der Waals surface area contributed by atoms with Crippen LogP contribution in [0.5, 0.6) is 5.75 Å². The molecule has 0 bridgehead atoms. The Kier molecular flexibility index (Phi) is 4.38. The molecule has 2 aromatic carbocycles. The van der Waals surface area contributed by atoms with Gasteiger partial charge in [-0.2, -0.15) is 0 Å². The van der Waals surface area contributed by atoms with E-state index in [0.717, 1.165) is 5.56 Å². The molecule has 25 heavy (non-hydrogen) atoms. The molecule has 1 aromatic heterocycles. The Bertz CT molecular complexity index is 957. The first-order chi connectivity index (χ1) is 12.0. The molecule has 0 radical (unpaired) electrons. The molecule has 0 amide bonds. The number of aryl methyl sites for hydroxylation is 1. The average molecular weight is 339 g/mol. The number of para-hydroxylation sites is 1. The van der Waals surface area contributed by atoms with Crippen molar-refractivity contribution in [3.8, 4) is 17.0 Å². The van der Waals surface area contributed by atoms with Crippen molar-refractivity contribution in [3.63, 3.8) is 0 Å². The van der Waals surface area contributed by atoms with E-state index < -0.39 is 22.9 Å². The summed E-state index contributed by atoms with van der Waals surface area (Å²) in [4.78, 5) is 23.2. The van der Waals surface area contributed by atoms with Crippen LogP contribution in [0, 0.1) is 17.0 Å². The van der Waals surface area contributed by atoms with E-state index in [0.29, 0.717) is 16.8 Å². The molecule has 3 rings (SSSR count). The van der Waals surface area contributed by atoms with Gasteiger partial charge in [0.25, 0.3) is 5.56 Å². The highest BCUT2D eigenvalue weighted by atomic mass is 16.6. The van der Waals surface area contributed by atoms with Crippen LogP contribution in [0.3, 0.4) is 0 Å². The second-order valence-electron chi connectivity index (χ2n) is 5.86. The summed E-state index contributed by atoms with van der Waals surface area (Å²) < 4.78 is 0. The largest absolute Gasteiger partial charge is 0.507 e. The highest BCUT2D eigenvalue weighted by Gasteiger charge is 2.28. The number of benzene rings is 2. The van der Waals surface area contributed by atoms with Gasteiger partial charge in [0.1, 0.15) is 5.75 Å². The van der Waals surface area contributed by atoms with Crippen LogP contribution in [0.25, 0.3) is 11.3 Å². The number of hydrogen-bond acceptors (Lipinski definition) is 4. The number of phenols is 1. The minimum Gasteiger partial charge on any atom is -0.507 e. The second kappa shape index (κ2) is 6.64. The van der Waals surface area contributed by atoms with Crippen molar-refractivity contribution in [2.75, 3.05) is 6.54 Å². The van der Waals surface area contributed by atoms with E-state index in [1.807, 2.05) is 19.1 Å². The van der Waals surface area contributed by atoms with E-state index in [1.54, 1.807) is 30.3 Å². The van der Waals surface area contributed by atoms with Crippen LogP contribution in [0.15, 0.2) is 53.3 Å². The van der Waals surface area contributed by atoms with Gasteiger partial charge in [0.15, 0.2) is 0 Å². The number of H-pyrrole nitrogens is 2. The Balaban J connectivity index is 2.18. The van der Waals surface area contributed by atoms with E-state index in [-0.39, 0.29) is 11.3 Å². The lowest BCUT2D eigenvalue weighted by Crippen LogP contribution is -2.20. The lowest BCUT2D eigenvalue weighted by Gasteiger charge is -2.14. The highest BCUT2D eigenvalue weighted by Crippen LogP contribution is 2.34. The van der Waals surface area contributed by atoms with E-state index in [9.17, 15) is 20.0 Å². The van der Waals surface area contributed by atoms with Gasteiger partial charge in [0.2, 0.25) is 6.54 Å². The van der Waals surface area contributed by atoms with Gasteiger partial charge in [-0.25, -0.2) is 0 Å². The Labute approximate surface area is 143 Å². The zero-order chi connectivity index (χ0) is 18.0. The molecule has 7 heteroatoms. The van der Waals surface area contributed by atoms with Gasteiger partial charge in [0.05, 0.1) is 17.2 Å². The monoisotopic (exact) mass is 339 g/mol. The molecular formula is C18H17N3O4. The Morgan fingerprint density at radius 1 is 1.12 bits per heavy atom. The van der Waals surface area contributed by atoms with E-state index in [2.05, 4.69) is 10.2 Å². The normalized spacial score (nSPS) is 12.0. The Hall–Kier alpha value is -3.35. The highest BCUT2D eigenvalue weighted by molar-refractivity contribution is 5.70. The summed E-state index contributed by atoms with van der Waals surface area (Å²) in [7, 11) is 0. The summed E-state index contributed by atoms with van der Waals surface area (Å²) in [6.45, 7) is 1.49. The average Bonchev–Trinajstić information content (AvgIpc) is 2.95. The summed E-state index contributed by atoms with van der Waals surface area (Å²) in [6, 6.07) is 13.8. The second-order valence-corrected chi connectivity index (χ2v) is 5.86.